The first kappa shape index (κ1) is 13.0. The Kier molecular flexibility index (Phi) is 3.66. The molecule has 0 radical (unpaired) electrons. The third-order valence-corrected chi connectivity index (χ3v) is 3.02. The number of hydrogen-bond acceptors (Lipinski definition) is 3. The number of H-pyrrole nitrogens is 1. The molecule has 0 aliphatic rings. The molecule has 0 aromatic carbocycles. The highest BCUT2D eigenvalue weighted by Crippen LogP contribution is 2.17. The predicted molar refractivity (Wildman–Crippen MR) is 72.5 cm³/mol. The Balaban J connectivity index is 2.23. The number of nitrogens with zero attached hydrogens (tertiary/aromatic N) is 2. The van der Waals surface area contributed by atoms with Crippen molar-refractivity contribution in [3.63, 3.8) is 0 Å². The van der Waals surface area contributed by atoms with Gasteiger partial charge in [0.2, 0.25) is 0 Å². The lowest BCUT2D eigenvalue weighted by Gasteiger charge is -2.12. The molecule has 0 saturated heterocycles. The van der Waals surface area contributed by atoms with Crippen LogP contribution in [-0.4, -0.2) is 26.2 Å². The van der Waals surface area contributed by atoms with E-state index >= 15 is 0 Å². The monoisotopic (exact) mass is 247 g/mol. The van der Waals surface area contributed by atoms with Crippen molar-refractivity contribution in [2.75, 3.05) is 0 Å². The van der Waals surface area contributed by atoms with Gasteiger partial charge < -0.3 is 10.1 Å². The van der Waals surface area contributed by atoms with E-state index in [9.17, 15) is 5.11 Å². The minimum Gasteiger partial charge on any atom is -0.393 e. The van der Waals surface area contributed by atoms with Crippen molar-refractivity contribution in [3.05, 3.63) is 23.1 Å². The van der Waals surface area contributed by atoms with E-state index < -0.39 is 0 Å². The van der Waals surface area contributed by atoms with Gasteiger partial charge in [0.15, 0.2) is 5.65 Å². The highest BCUT2D eigenvalue weighted by molar-refractivity contribution is 5.74. The summed E-state index contributed by atoms with van der Waals surface area (Å²) in [5.74, 6) is 1.37. The third kappa shape index (κ3) is 2.88. The van der Waals surface area contributed by atoms with Gasteiger partial charge in [-0.25, -0.2) is 9.97 Å². The molecule has 18 heavy (non-hydrogen) atoms. The molecule has 0 bridgehead atoms. The summed E-state index contributed by atoms with van der Waals surface area (Å²) in [6.07, 6.45) is 1.08. The molecule has 98 valence electrons. The molecular formula is C14H21N3O. The summed E-state index contributed by atoms with van der Waals surface area (Å²) in [7, 11) is 0. The summed E-state index contributed by atoms with van der Waals surface area (Å²) in [5.41, 5.74) is 3.79. The fourth-order valence-electron chi connectivity index (χ4n) is 2.30. The van der Waals surface area contributed by atoms with Crippen molar-refractivity contribution >= 4 is 11.2 Å². The summed E-state index contributed by atoms with van der Waals surface area (Å²) in [6, 6.07) is 2.03. The molecule has 0 spiro atoms. The van der Waals surface area contributed by atoms with Gasteiger partial charge in [-0.1, -0.05) is 13.8 Å². The second-order valence-electron chi connectivity index (χ2n) is 5.44. The standard InChI is InChI=1S/C14H21N3O/c1-8(2)5-12(18)7-11-6-9(3)13-14(17-11)16-10(4)15-13/h6,8,12,18H,5,7H2,1-4H3,(H,15,16,17). The van der Waals surface area contributed by atoms with Crippen molar-refractivity contribution < 1.29 is 5.11 Å². The van der Waals surface area contributed by atoms with E-state index in [1.54, 1.807) is 0 Å². The maximum atomic E-state index is 9.97. The Bertz CT molecular complexity index is 545. The normalized spacial score (nSPS) is 13.4. The topological polar surface area (TPSA) is 61.8 Å². The van der Waals surface area contributed by atoms with Gasteiger partial charge in [-0.3, -0.25) is 0 Å². The molecular weight excluding hydrogens is 226 g/mol. The second kappa shape index (κ2) is 5.06. The molecule has 4 heteroatoms. The first-order chi connectivity index (χ1) is 8.45. The molecule has 2 aromatic rings. The Morgan fingerprint density at radius 2 is 2.00 bits per heavy atom. The molecule has 2 N–H and O–H groups in total. The largest absolute Gasteiger partial charge is 0.393 e. The highest BCUT2D eigenvalue weighted by atomic mass is 16.3. The smallest absolute Gasteiger partial charge is 0.178 e. The van der Waals surface area contributed by atoms with Gasteiger partial charge >= 0.3 is 0 Å². The van der Waals surface area contributed by atoms with Gasteiger partial charge in [-0.15, -0.1) is 0 Å². The molecule has 0 saturated carbocycles. The lowest BCUT2D eigenvalue weighted by molar-refractivity contribution is 0.148. The third-order valence-electron chi connectivity index (χ3n) is 3.02. The summed E-state index contributed by atoms with van der Waals surface area (Å²) in [6.45, 7) is 8.19. The van der Waals surface area contributed by atoms with E-state index in [1.807, 2.05) is 19.9 Å². The van der Waals surface area contributed by atoms with Crippen LogP contribution in [0.4, 0.5) is 0 Å². The van der Waals surface area contributed by atoms with Crippen molar-refractivity contribution in [1.82, 2.24) is 15.0 Å². The van der Waals surface area contributed by atoms with Gasteiger partial charge in [0.1, 0.15) is 5.82 Å². The molecule has 2 heterocycles. The van der Waals surface area contributed by atoms with Gasteiger partial charge in [0.25, 0.3) is 0 Å². The SMILES string of the molecule is Cc1nc2nc(CC(O)CC(C)C)cc(C)c2[nH]1. The zero-order chi connectivity index (χ0) is 13.3. The van der Waals surface area contributed by atoms with Crippen LogP contribution in [0.3, 0.4) is 0 Å². The Hall–Kier alpha value is -1.42. The Labute approximate surface area is 107 Å². The van der Waals surface area contributed by atoms with Gasteiger partial charge in [-0.05, 0) is 37.8 Å². The summed E-state index contributed by atoms with van der Waals surface area (Å²) >= 11 is 0. The molecule has 0 aliphatic carbocycles. The van der Waals surface area contributed by atoms with Crippen molar-refractivity contribution in [2.45, 2.75) is 46.6 Å². The first-order valence-electron chi connectivity index (χ1n) is 6.46. The average Bonchev–Trinajstić information content (AvgIpc) is 2.57. The van der Waals surface area contributed by atoms with E-state index in [4.69, 9.17) is 0 Å². The van der Waals surface area contributed by atoms with Gasteiger partial charge in [0, 0.05) is 12.1 Å². The number of aliphatic hydroxyl groups excluding tert-OH is 1. The fraction of sp³-hybridized carbons (Fsp3) is 0.571. The molecule has 0 fully saturated rings. The van der Waals surface area contributed by atoms with E-state index in [-0.39, 0.29) is 6.10 Å². The molecule has 2 rings (SSSR count). The Morgan fingerprint density at radius 1 is 1.28 bits per heavy atom. The van der Waals surface area contributed by atoms with E-state index in [1.165, 1.54) is 0 Å². The zero-order valence-corrected chi connectivity index (χ0v) is 11.5. The van der Waals surface area contributed by atoms with Crippen LogP contribution in [0.15, 0.2) is 6.07 Å². The van der Waals surface area contributed by atoms with Gasteiger partial charge in [-0.2, -0.15) is 0 Å². The van der Waals surface area contributed by atoms with Crippen LogP contribution in [0.5, 0.6) is 0 Å². The number of imidazole rings is 1. The number of rotatable bonds is 4. The van der Waals surface area contributed by atoms with Gasteiger partial charge in [0.05, 0.1) is 11.6 Å². The van der Waals surface area contributed by atoms with Crippen LogP contribution in [0, 0.1) is 19.8 Å². The van der Waals surface area contributed by atoms with E-state index in [2.05, 4.69) is 28.8 Å². The lowest BCUT2D eigenvalue weighted by Crippen LogP contribution is -2.14. The van der Waals surface area contributed by atoms with Crippen LogP contribution in [0.1, 0.15) is 37.4 Å². The first-order valence-corrected chi connectivity index (χ1v) is 6.46. The Morgan fingerprint density at radius 3 is 2.67 bits per heavy atom. The van der Waals surface area contributed by atoms with Crippen LogP contribution in [0.2, 0.25) is 0 Å². The number of fused-ring (bicyclic) bond motifs is 1. The maximum Gasteiger partial charge on any atom is 0.178 e. The molecule has 4 nitrogen and oxygen atoms in total. The molecule has 0 aliphatic heterocycles. The number of aliphatic hydroxyl groups is 1. The fourth-order valence-corrected chi connectivity index (χ4v) is 2.30. The quantitative estimate of drug-likeness (QED) is 0.872. The number of nitrogens with one attached hydrogen (secondary N) is 1. The number of aryl methyl sites for hydroxylation is 2. The molecule has 0 amide bonds. The number of aromatic amines is 1. The predicted octanol–water partition coefficient (Wildman–Crippen LogP) is 2.52. The minimum absolute atomic E-state index is 0.325. The minimum atomic E-state index is -0.325. The molecule has 1 atom stereocenters. The van der Waals surface area contributed by atoms with Crippen LogP contribution < -0.4 is 0 Å². The highest BCUT2D eigenvalue weighted by Gasteiger charge is 2.12. The van der Waals surface area contributed by atoms with Crippen LogP contribution in [-0.2, 0) is 6.42 Å². The zero-order valence-electron chi connectivity index (χ0n) is 11.5. The summed E-state index contributed by atoms with van der Waals surface area (Å²) in [5, 5.41) is 9.97. The maximum absolute atomic E-state index is 9.97. The summed E-state index contributed by atoms with van der Waals surface area (Å²) < 4.78 is 0. The second-order valence-corrected chi connectivity index (χ2v) is 5.44. The number of aromatic nitrogens is 3. The summed E-state index contributed by atoms with van der Waals surface area (Å²) in [4.78, 5) is 12.1. The van der Waals surface area contributed by atoms with Crippen molar-refractivity contribution in [1.29, 1.82) is 0 Å². The average molecular weight is 247 g/mol. The van der Waals surface area contributed by atoms with Crippen LogP contribution in [0.25, 0.3) is 11.2 Å². The van der Waals surface area contributed by atoms with Crippen molar-refractivity contribution in [2.24, 2.45) is 5.92 Å². The number of hydrogen-bond donors (Lipinski definition) is 2. The van der Waals surface area contributed by atoms with Crippen LogP contribution >= 0.6 is 0 Å². The number of pyridine rings is 1. The lowest BCUT2D eigenvalue weighted by atomic mass is 10.0. The molecule has 2 aromatic heterocycles. The molecule has 1 unspecified atom stereocenters. The van der Waals surface area contributed by atoms with E-state index in [0.29, 0.717) is 12.3 Å². The van der Waals surface area contributed by atoms with Crippen molar-refractivity contribution in [3.8, 4) is 0 Å². The van der Waals surface area contributed by atoms with E-state index in [0.717, 1.165) is 34.7 Å².